The minimum absolute atomic E-state index is 0.0995. The van der Waals surface area contributed by atoms with Crippen molar-refractivity contribution in [2.24, 2.45) is 29.1 Å². The molecule has 3 N–H and O–H groups in total. The molecule has 0 aromatic heterocycles. The van der Waals surface area contributed by atoms with Crippen molar-refractivity contribution < 1.29 is 33.0 Å². The van der Waals surface area contributed by atoms with E-state index in [1.165, 1.54) is 12.1 Å². The molecule has 1 aliphatic carbocycles. The average Bonchev–Trinajstić information content (AvgIpc) is 3.28. The number of carbonyl (C=O) groups is 4. The number of nitrogens with one attached hydrogen (secondary N) is 3. The Bertz CT molecular complexity index is 1320. The van der Waals surface area contributed by atoms with Gasteiger partial charge in [0.2, 0.25) is 17.7 Å². The van der Waals surface area contributed by atoms with Gasteiger partial charge in [0, 0.05) is 38.7 Å². The van der Waals surface area contributed by atoms with Crippen LogP contribution in [-0.4, -0.2) is 72.5 Å². The van der Waals surface area contributed by atoms with E-state index in [4.69, 9.17) is 9.47 Å². The lowest BCUT2D eigenvalue weighted by Gasteiger charge is -2.35. The van der Waals surface area contributed by atoms with Crippen LogP contribution < -0.4 is 20.7 Å². The largest absolute Gasteiger partial charge is 0.478 e. The lowest BCUT2D eigenvalue weighted by molar-refractivity contribution is -0.144. The molecule has 12 heteroatoms. The first-order valence-electron chi connectivity index (χ1n) is 15.0. The number of carbonyl (C=O) groups excluding carboxylic acids is 4. The second-order valence-electron chi connectivity index (χ2n) is 13.1. The number of halogens is 1. The number of fused-ring (bicyclic) bond motifs is 2. The van der Waals surface area contributed by atoms with Crippen LogP contribution in [0.4, 0.5) is 10.1 Å². The molecule has 3 fully saturated rings. The number of benzene rings is 1. The third-order valence-corrected chi connectivity index (χ3v) is 9.51. The molecule has 0 radical (unpaired) electrons. The minimum Gasteiger partial charge on any atom is -0.478 e. The Morgan fingerprint density at radius 3 is 2.60 bits per heavy atom. The summed E-state index contributed by atoms with van der Waals surface area (Å²) >= 11 is 0. The molecule has 3 heterocycles. The zero-order valence-electron chi connectivity index (χ0n) is 25.0. The van der Waals surface area contributed by atoms with Crippen LogP contribution in [0.5, 0.6) is 5.75 Å². The number of piperidine rings is 1. The number of rotatable bonds is 9. The number of amides is 4. The second-order valence-corrected chi connectivity index (χ2v) is 13.1. The molecule has 1 aromatic carbocycles. The van der Waals surface area contributed by atoms with Crippen LogP contribution in [0.25, 0.3) is 0 Å². The number of nitrogens with zero attached hydrogens (tertiary/aromatic N) is 2. The molecule has 4 aliphatic rings. The Kier molecular flexibility index (Phi) is 8.65. The maximum absolute atomic E-state index is 13.9. The number of anilines is 1. The summed E-state index contributed by atoms with van der Waals surface area (Å²) in [5.41, 5.74) is 0.0341. The first kappa shape index (κ1) is 30.7. The van der Waals surface area contributed by atoms with Crippen LogP contribution in [0.1, 0.15) is 53.4 Å². The summed E-state index contributed by atoms with van der Waals surface area (Å²) in [5.74, 6) is -1.78. The van der Waals surface area contributed by atoms with Gasteiger partial charge in [-0.2, -0.15) is 5.26 Å². The second kappa shape index (κ2) is 12.1. The summed E-state index contributed by atoms with van der Waals surface area (Å²) in [6.07, 6.45) is 0.714. The van der Waals surface area contributed by atoms with Crippen LogP contribution in [0.2, 0.25) is 0 Å². The first-order chi connectivity index (χ1) is 20.4. The highest BCUT2D eigenvalue weighted by atomic mass is 19.1. The maximum Gasteiger partial charge on any atom is 0.265 e. The predicted molar refractivity (Wildman–Crippen MR) is 153 cm³/mol. The van der Waals surface area contributed by atoms with Crippen molar-refractivity contribution in [1.29, 1.82) is 5.26 Å². The molecule has 0 bridgehead atoms. The van der Waals surface area contributed by atoms with Crippen molar-refractivity contribution in [1.82, 2.24) is 15.5 Å². The normalized spacial score (nSPS) is 27.1. The molecule has 1 saturated carbocycles. The van der Waals surface area contributed by atoms with Crippen molar-refractivity contribution >= 4 is 29.3 Å². The van der Waals surface area contributed by atoms with Crippen molar-refractivity contribution in [3.63, 3.8) is 0 Å². The topological polar surface area (TPSA) is 150 Å². The number of ether oxygens (including phenoxy) is 2. The molecule has 6 atom stereocenters. The zero-order valence-corrected chi connectivity index (χ0v) is 25.0. The fraction of sp³-hybridized carbons (Fsp3) is 0.645. The van der Waals surface area contributed by atoms with Crippen molar-refractivity contribution in [3.05, 3.63) is 24.0 Å². The van der Waals surface area contributed by atoms with E-state index in [-0.39, 0.29) is 58.8 Å². The standard InChI is InChI=1S/C31H40FN5O6/c1-16(2)26(36-24(38)11-17-7-9-42-10-8-17)30(41)37-15-20-25(31(20,3)4)27(37)29(40)34-19(14-33)13-23-28(39)35-21-12-18(32)5-6-22(21)43-23/h5-6,12,16-17,19-20,23,25-27H,7-11,13,15H2,1-4H3,(H,34,40)(H,35,39)(H,36,38)/t19-,20-,23-,25-,26-,27-/m0/s1. The Hall–Kier alpha value is -3.72. The third kappa shape index (κ3) is 6.32. The van der Waals surface area contributed by atoms with Gasteiger partial charge in [-0.15, -0.1) is 0 Å². The molecule has 0 unspecified atom stereocenters. The van der Waals surface area contributed by atoms with Gasteiger partial charge in [-0.3, -0.25) is 19.2 Å². The van der Waals surface area contributed by atoms with Gasteiger partial charge in [-0.25, -0.2) is 4.39 Å². The summed E-state index contributed by atoms with van der Waals surface area (Å²) < 4.78 is 24.7. The molecular formula is C31H40FN5O6. The molecule has 2 saturated heterocycles. The van der Waals surface area contributed by atoms with Crippen LogP contribution in [0.3, 0.4) is 0 Å². The summed E-state index contributed by atoms with van der Waals surface area (Å²) in [6, 6.07) is 3.08. The van der Waals surface area contributed by atoms with Gasteiger partial charge in [0.1, 0.15) is 29.7 Å². The number of nitriles is 1. The molecule has 0 spiro atoms. The van der Waals surface area contributed by atoms with E-state index >= 15 is 0 Å². The third-order valence-electron chi connectivity index (χ3n) is 9.51. The van der Waals surface area contributed by atoms with Crippen LogP contribution in [0, 0.1) is 46.2 Å². The van der Waals surface area contributed by atoms with Crippen molar-refractivity contribution in [2.45, 2.75) is 77.6 Å². The van der Waals surface area contributed by atoms with E-state index in [0.29, 0.717) is 26.2 Å². The highest BCUT2D eigenvalue weighted by Gasteiger charge is 2.69. The van der Waals surface area contributed by atoms with E-state index in [9.17, 15) is 28.8 Å². The Balaban J connectivity index is 1.26. The van der Waals surface area contributed by atoms with Gasteiger partial charge >= 0.3 is 0 Å². The number of hydrogen-bond donors (Lipinski definition) is 3. The fourth-order valence-electron chi connectivity index (χ4n) is 6.84. The van der Waals surface area contributed by atoms with Gasteiger partial charge in [0.25, 0.3) is 5.91 Å². The van der Waals surface area contributed by atoms with E-state index in [1.807, 2.05) is 19.9 Å². The minimum atomic E-state index is -1.08. The summed E-state index contributed by atoms with van der Waals surface area (Å²) in [4.78, 5) is 54.8. The van der Waals surface area contributed by atoms with E-state index < -0.39 is 41.9 Å². The molecule has 5 rings (SSSR count). The van der Waals surface area contributed by atoms with E-state index in [1.54, 1.807) is 4.90 Å². The van der Waals surface area contributed by atoms with Gasteiger partial charge in [-0.05, 0) is 54.1 Å². The van der Waals surface area contributed by atoms with Crippen LogP contribution in [0.15, 0.2) is 18.2 Å². The molecule has 232 valence electrons. The first-order valence-corrected chi connectivity index (χ1v) is 15.0. The maximum atomic E-state index is 13.9. The summed E-state index contributed by atoms with van der Waals surface area (Å²) in [6.45, 7) is 9.47. The van der Waals surface area contributed by atoms with Gasteiger partial charge < -0.3 is 30.3 Å². The van der Waals surface area contributed by atoms with E-state index in [2.05, 4.69) is 29.8 Å². The smallest absolute Gasteiger partial charge is 0.265 e. The van der Waals surface area contributed by atoms with Crippen LogP contribution >= 0.6 is 0 Å². The zero-order chi connectivity index (χ0) is 31.1. The van der Waals surface area contributed by atoms with Gasteiger partial charge in [0.05, 0.1) is 11.8 Å². The SMILES string of the molecule is CC(C)[C@H](NC(=O)CC1CCOCC1)C(=O)N1C[C@H]2[C@@H]([C@H]1C(=O)N[C@H](C#N)C[C@@H]1Oc3ccc(F)cc3NC1=O)C2(C)C. The average molecular weight is 598 g/mol. The summed E-state index contributed by atoms with van der Waals surface area (Å²) in [7, 11) is 0. The predicted octanol–water partition coefficient (Wildman–Crippen LogP) is 2.36. The van der Waals surface area contributed by atoms with Crippen molar-refractivity contribution in [2.75, 3.05) is 25.1 Å². The number of likely N-dealkylation sites (tertiary alicyclic amines) is 1. The van der Waals surface area contributed by atoms with Gasteiger partial charge in [0.15, 0.2) is 6.10 Å². The quantitative estimate of drug-likeness (QED) is 0.396. The molecule has 3 aliphatic heterocycles. The van der Waals surface area contributed by atoms with Crippen LogP contribution in [-0.2, 0) is 23.9 Å². The highest BCUT2D eigenvalue weighted by molar-refractivity contribution is 5.98. The summed E-state index contributed by atoms with van der Waals surface area (Å²) in [5, 5.41) is 18.1. The van der Waals surface area contributed by atoms with E-state index in [0.717, 1.165) is 18.9 Å². The molecule has 1 aromatic rings. The molecular weight excluding hydrogens is 557 g/mol. The van der Waals surface area contributed by atoms with Crippen molar-refractivity contribution in [3.8, 4) is 11.8 Å². The monoisotopic (exact) mass is 597 g/mol. The lowest BCUT2D eigenvalue weighted by atomic mass is 9.94. The van der Waals surface area contributed by atoms with Gasteiger partial charge in [-0.1, -0.05) is 27.7 Å². The fourth-order valence-corrected chi connectivity index (χ4v) is 6.84. The molecule has 11 nitrogen and oxygen atoms in total. The number of hydrogen-bond acceptors (Lipinski definition) is 7. The highest BCUT2D eigenvalue weighted by Crippen LogP contribution is 2.65. The molecule has 43 heavy (non-hydrogen) atoms. The molecule has 4 amide bonds. The Labute approximate surface area is 250 Å². The lowest BCUT2D eigenvalue weighted by Crippen LogP contribution is -2.58. The Morgan fingerprint density at radius 1 is 1.21 bits per heavy atom. The Morgan fingerprint density at radius 2 is 1.93 bits per heavy atom.